The smallest absolute Gasteiger partial charge is 0.267 e. The van der Waals surface area contributed by atoms with E-state index in [4.69, 9.17) is 17.3 Å². The first kappa shape index (κ1) is 12.9. The number of amides is 1. The highest BCUT2D eigenvalue weighted by Crippen LogP contribution is 2.22. The van der Waals surface area contributed by atoms with E-state index in [1.807, 2.05) is 35.9 Å². The van der Waals surface area contributed by atoms with Crippen molar-refractivity contribution in [1.82, 2.24) is 9.88 Å². The van der Waals surface area contributed by atoms with Crippen LogP contribution < -0.4 is 11.1 Å². The van der Waals surface area contributed by atoms with E-state index in [9.17, 15) is 4.79 Å². The van der Waals surface area contributed by atoms with Gasteiger partial charge in [-0.15, -0.1) is 0 Å². The maximum Gasteiger partial charge on any atom is 0.267 e. The van der Waals surface area contributed by atoms with Crippen LogP contribution in [0.2, 0.25) is 5.02 Å². The summed E-state index contributed by atoms with van der Waals surface area (Å²) in [7, 11) is 1.87. The van der Waals surface area contributed by atoms with Crippen LogP contribution in [-0.4, -0.2) is 23.6 Å². The molecule has 0 aliphatic rings. The molecule has 0 radical (unpaired) electrons. The maximum absolute atomic E-state index is 12.0. The van der Waals surface area contributed by atoms with E-state index in [1.165, 1.54) is 0 Å². The summed E-state index contributed by atoms with van der Waals surface area (Å²) < 4.78 is 1.86. The zero-order chi connectivity index (χ0) is 13.1. The van der Waals surface area contributed by atoms with Gasteiger partial charge in [0.25, 0.3) is 5.91 Å². The summed E-state index contributed by atoms with van der Waals surface area (Å²) >= 11 is 5.94. The van der Waals surface area contributed by atoms with Crippen molar-refractivity contribution in [3.05, 3.63) is 35.0 Å². The average Bonchev–Trinajstić information content (AvgIpc) is 2.66. The molecule has 0 saturated carbocycles. The van der Waals surface area contributed by atoms with E-state index in [-0.39, 0.29) is 5.91 Å². The zero-order valence-corrected chi connectivity index (χ0v) is 11.0. The minimum atomic E-state index is -0.0849. The largest absolute Gasteiger partial charge is 0.351 e. The highest BCUT2D eigenvalue weighted by Gasteiger charge is 2.12. The Kier molecular flexibility index (Phi) is 3.89. The second-order valence-electron chi connectivity index (χ2n) is 4.19. The predicted octanol–water partition coefficient (Wildman–Crippen LogP) is 1.91. The monoisotopic (exact) mass is 265 g/mol. The lowest BCUT2D eigenvalue weighted by atomic mass is 10.2. The molecule has 1 aromatic carbocycles. The van der Waals surface area contributed by atoms with E-state index >= 15 is 0 Å². The minimum Gasteiger partial charge on any atom is -0.351 e. The van der Waals surface area contributed by atoms with Crippen molar-refractivity contribution in [3.63, 3.8) is 0 Å². The molecule has 1 heterocycles. The third kappa shape index (κ3) is 2.49. The molecule has 0 spiro atoms. The Bertz CT molecular complexity index is 577. The predicted molar refractivity (Wildman–Crippen MR) is 73.9 cm³/mol. The van der Waals surface area contributed by atoms with Crippen molar-refractivity contribution >= 4 is 28.4 Å². The van der Waals surface area contributed by atoms with Crippen LogP contribution in [0.5, 0.6) is 0 Å². The van der Waals surface area contributed by atoms with Gasteiger partial charge in [-0.1, -0.05) is 11.6 Å². The third-order valence-electron chi connectivity index (χ3n) is 2.90. The van der Waals surface area contributed by atoms with Crippen LogP contribution in [0.25, 0.3) is 10.9 Å². The Balaban J connectivity index is 2.28. The standard InChI is InChI=1S/C13H16ClN3O/c1-17-11-4-3-10(14)7-9(11)8-12(17)13(18)16-6-2-5-15/h3-4,7-8H,2,5-6,15H2,1H3,(H,16,18). The summed E-state index contributed by atoms with van der Waals surface area (Å²) in [5.41, 5.74) is 7.01. The number of aryl methyl sites for hydroxylation is 1. The highest BCUT2D eigenvalue weighted by molar-refractivity contribution is 6.31. The molecule has 5 heteroatoms. The lowest BCUT2D eigenvalue weighted by molar-refractivity contribution is 0.0946. The first-order valence-corrected chi connectivity index (χ1v) is 6.24. The van der Waals surface area contributed by atoms with E-state index in [0.717, 1.165) is 17.3 Å². The molecule has 0 aliphatic carbocycles. The molecule has 0 atom stereocenters. The Labute approximate surface area is 111 Å². The molecule has 4 nitrogen and oxygen atoms in total. The zero-order valence-electron chi connectivity index (χ0n) is 10.2. The normalized spacial score (nSPS) is 10.8. The van der Waals surface area contributed by atoms with E-state index < -0.39 is 0 Å². The summed E-state index contributed by atoms with van der Waals surface area (Å²) in [5, 5.41) is 4.48. The van der Waals surface area contributed by atoms with Crippen molar-refractivity contribution in [2.45, 2.75) is 6.42 Å². The summed E-state index contributed by atoms with van der Waals surface area (Å²) in [6, 6.07) is 7.43. The number of nitrogens with two attached hydrogens (primary N) is 1. The molecule has 3 N–H and O–H groups in total. The Morgan fingerprint density at radius 1 is 1.44 bits per heavy atom. The first-order valence-electron chi connectivity index (χ1n) is 5.86. The van der Waals surface area contributed by atoms with Gasteiger partial charge in [-0.25, -0.2) is 0 Å². The molecule has 96 valence electrons. The van der Waals surface area contributed by atoms with Gasteiger partial charge in [0, 0.05) is 29.5 Å². The summed E-state index contributed by atoms with van der Waals surface area (Å²) in [5.74, 6) is -0.0849. The van der Waals surface area contributed by atoms with E-state index in [1.54, 1.807) is 0 Å². The van der Waals surface area contributed by atoms with Crippen LogP contribution in [0.15, 0.2) is 24.3 Å². The van der Waals surface area contributed by atoms with Crippen LogP contribution in [-0.2, 0) is 7.05 Å². The second kappa shape index (κ2) is 5.42. The van der Waals surface area contributed by atoms with E-state index in [2.05, 4.69) is 5.32 Å². The van der Waals surface area contributed by atoms with Crippen molar-refractivity contribution in [1.29, 1.82) is 0 Å². The number of benzene rings is 1. The van der Waals surface area contributed by atoms with Crippen LogP contribution in [0.4, 0.5) is 0 Å². The van der Waals surface area contributed by atoms with Crippen LogP contribution in [0.3, 0.4) is 0 Å². The molecule has 2 aromatic rings. The number of rotatable bonds is 4. The van der Waals surface area contributed by atoms with Gasteiger partial charge in [0.2, 0.25) is 0 Å². The van der Waals surface area contributed by atoms with Crippen molar-refractivity contribution < 1.29 is 4.79 Å². The Morgan fingerprint density at radius 3 is 2.94 bits per heavy atom. The topological polar surface area (TPSA) is 60.0 Å². The highest BCUT2D eigenvalue weighted by atomic mass is 35.5. The average molecular weight is 266 g/mol. The second-order valence-corrected chi connectivity index (χ2v) is 4.63. The fourth-order valence-corrected chi connectivity index (χ4v) is 2.11. The molecule has 0 bridgehead atoms. The molecule has 0 aliphatic heterocycles. The molecule has 1 amide bonds. The fourth-order valence-electron chi connectivity index (χ4n) is 1.93. The Hall–Kier alpha value is -1.52. The molecule has 0 unspecified atom stereocenters. The first-order chi connectivity index (χ1) is 8.63. The van der Waals surface area contributed by atoms with Gasteiger partial charge in [0.05, 0.1) is 0 Å². The molecular formula is C13H16ClN3O. The fraction of sp³-hybridized carbons (Fsp3) is 0.308. The van der Waals surface area contributed by atoms with Gasteiger partial charge < -0.3 is 15.6 Å². The van der Waals surface area contributed by atoms with Gasteiger partial charge >= 0.3 is 0 Å². The number of hydrogen-bond acceptors (Lipinski definition) is 2. The minimum absolute atomic E-state index is 0.0849. The number of nitrogens with one attached hydrogen (secondary N) is 1. The van der Waals surface area contributed by atoms with Gasteiger partial charge in [-0.3, -0.25) is 4.79 Å². The van der Waals surface area contributed by atoms with Crippen molar-refractivity contribution in [2.24, 2.45) is 12.8 Å². The van der Waals surface area contributed by atoms with Gasteiger partial charge in [0.1, 0.15) is 5.69 Å². The molecule has 18 heavy (non-hydrogen) atoms. The number of aromatic nitrogens is 1. The number of carbonyl (C=O) groups excluding carboxylic acids is 1. The van der Waals surface area contributed by atoms with Crippen LogP contribution >= 0.6 is 11.6 Å². The quantitative estimate of drug-likeness (QED) is 0.830. The Morgan fingerprint density at radius 2 is 2.22 bits per heavy atom. The molecule has 1 aromatic heterocycles. The lowest BCUT2D eigenvalue weighted by Crippen LogP contribution is -2.27. The summed E-state index contributed by atoms with van der Waals surface area (Å²) in [6.07, 6.45) is 0.779. The van der Waals surface area contributed by atoms with Crippen molar-refractivity contribution in [3.8, 4) is 0 Å². The molecule has 0 saturated heterocycles. The molecule has 0 fully saturated rings. The van der Waals surface area contributed by atoms with Crippen LogP contribution in [0.1, 0.15) is 16.9 Å². The summed E-state index contributed by atoms with van der Waals surface area (Å²) in [6.45, 7) is 1.17. The molecular weight excluding hydrogens is 250 g/mol. The van der Waals surface area contributed by atoms with E-state index in [0.29, 0.717) is 23.8 Å². The number of halogens is 1. The number of hydrogen-bond donors (Lipinski definition) is 2. The number of fused-ring (bicyclic) bond motifs is 1. The summed E-state index contributed by atoms with van der Waals surface area (Å²) in [4.78, 5) is 12.0. The van der Waals surface area contributed by atoms with Crippen LogP contribution in [0, 0.1) is 0 Å². The van der Waals surface area contributed by atoms with Gasteiger partial charge in [-0.05, 0) is 37.2 Å². The number of carbonyl (C=O) groups is 1. The van der Waals surface area contributed by atoms with Gasteiger partial charge in [0.15, 0.2) is 0 Å². The SMILES string of the molecule is Cn1c(C(=O)NCCCN)cc2cc(Cl)ccc21. The molecule has 2 rings (SSSR count). The van der Waals surface area contributed by atoms with Gasteiger partial charge in [-0.2, -0.15) is 0 Å². The van der Waals surface area contributed by atoms with Crippen molar-refractivity contribution in [2.75, 3.05) is 13.1 Å². The maximum atomic E-state index is 12.0. The number of nitrogens with zero attached hydrogens (tertiary/aromatic N) is 1. The lowest BCUT2D eigenvalue weighted by Gasteiger charge is -2.05. The third-order valence-corrected chi connectivity index (χ3v) is 3.14.